The van der Waals surface area contributed by atoms with Gasteiger partial charge in [-0.3, -0.25) is 4.98 Å². The molecule has 0 saturated carbocycles. The Labute approximate surface area is 124 Å². The first-order valence-electron chi connectivity index (χ1n) is 6.50. The molecule has 108 valence electrons. The van der Waals surface area contributed by atoms with Gasteiger partial charge in [0.2, 0.25) is 0 Å². The Balaban J connectivity index is 2.16. The maximum atomic E-state index is 8.89. The summed E-state index contributed by atoms with van der Waals surface area (Å²) in [4.78, 5) is 4.45. The van der Waals surface area contributed by atoms with Gasteiger partial charge in [0.1, 0.15) is 11.5 Å². The lowest BCUT2D eigenvalue weighted by Crippen LogP contribution is -2.04. The van der Waals surface area contributed by atoms with Crippen molar-refractivity contribution in [2.45, 2.75) is 13.5 Å². The molecule has 2 aromatic rings. The van der Waals surface area contributed by atoms with Crippen molar-refractivity contribution in [1.29, 1.82) is 5.26 Å². The molecule has 0 spiro atoms. The minimum absolute atomic E-state index is 0.542. The first kappa shape index (κ1) is 14.7. The molecule has 0 aliphatic heterocycles. The standard InChI is InChI=1S/C16H17N3O2/c1-11-6-14(20-2)8-13(19-11)10-18-15-5-4-12(9-17)7-16(15)21-3/h4-8,18H,10H2,1-3H3. The highest BCUT2D eigenvalue weighted by atomic mass is 16.5. The average molecular weight is 283 g/mol. The van der Waals surface area contributed by atoms with Crippen LogP contribution >= 0.6 is 0 Å². The lowest BCUT2D eigenvalue weighted by atomic mass is 10.2. The number of anilines is 1. The van der Waals surface area contributed by atoms with Gasteiger partial charge in [-0.15, -0.1) is 0 Å². The van der Waals surface area contributed by atoms with Gasteiger partial charge in [0, 0.05) is 23.9 Å². The molecule has 0 aliphatic rings. The van der Waals surface area contributed by atoms with Crippen molar-refractivity contribution < 1.29 is 9.47 Å². The molecule has 1 N–H and O–H groups in total. The highest BCUT2D eigenvalue weighted by Gasteiger charge is 2.06. The first-order valence-corrected chi connectivity index (χ1v) is 6.50. The fourth-order valence-electron chi connectivity index (χ4n) is 2.00. The van der Waals surface area contributed by atoms with Crippen molar-refractivity contribution in [1.82, 2.24) is 4.98 Å². The summed E-state index contributed by atoms with van der Waals surface area (Å²) in [7, 11) is 3.21. The number of nitriles is 1. The van der Waals surface area contributed by atoms with Crippen LogP contribution in [-0.2, 0) is 6.54 Å². The van der Waals surface area contributed by atoms with Gasteiger partial charge in [-0.25, -0.2) is 0 Å². The summed E-state index contributed by atoms with van der Waals surface area (Å²) in [5, 5.41) is 12.2. The highest BCUT2D eigenvalue weighted by molar-refractivity contribution is 5.59. The van der Waals surface area contributed by atoms with Gasteiger partial charge >= 0.3 is 0 Å². The molecule has 0 unspecified atom stereocenters. The lowest BCUT2D eigenvalue weighted by Gasteiger charge is -2.12. The normalized spacial score (nSPS) is 9.81. The Morgan fingerprint density at radius 3 is 2.67 bits per heavy atom. The molecule has 0 saturated heterocycles. The van der Waals surface area contributed by atoms with Gasteiger partial charge in [0.05, 0.1) is 43.8 Å². The van der Waals surface area contributed by atoms with E-state index < -0.39 is 0 Å². The molecule has 0 aliphatic carbocycles. The van der Waals surface area contributed by atoms with Crippen LogP contribution in [0.3, 0.4) is 0 Å². The van der Waals surface area contributed by atoms with Crippen molar-refractivity contribution >= 4 is 5.69 Å². The molecule has 2 rings (SSSR count). The van der Waals surface area contributed by atoms with E-state index in [0.717, 1.165) is 22.8 Å². The largest absolute Gasteiger partial charge is 0.497 e. The van der Waals surface area contributed by atoms with Crippen LogP contribution in [0.5, 0.6) is 11.5 Å². The van der Waals surface area contributed by atoms with Crippen LogP contribution in [0.4, 0.5) is 5.69 Å². The molecule has 0 amide bonds. The monoisotopic (exact) mass is 283 g/mol. The van der Waals surface area contributed by atoms with Crippen molar-refractivity contribution in [3.8, 4) is 17.6 Å². The molecule has 1 heterocycles. The maximum absolute atomic E-state index is 8.89. The number of nitrogens with one attached hydrogen (secondary N) is 1. The quantitative estimate of drug-likeness (QED) is 0.913. The fraction of sp³-hybridized carbons (Fsp3) is 0.250. The third-order valence-corrected chi connectivity index (χ3v) is 3.01. The Hall–Kier alpha value is -2.74. The molecule has 5 nitrogen and oxygen atoms in total. The zero-order chi connectivity index (χ0) is 15.2. The van der Waals surface area contributed by atoms with Crippen molar-refractivity contribution in [3.05, 3.63) is 47.3 Å². The Bertz CT molecular complexity index is 678. The SMILES string of the molecule is COc1cc(C)nc(CNc2ccc(C#N)cc2OC)c1. The molecule has 1 aromatic carbocycles. The molecule has 21 heavy (non-hydrogen) atoms. The number of hydrogen-bond donors (Lipinski definition) is 1. The summed E-state index contributed by atoms with van der Waals surface area (Å²) in [5.74, 6) is 1.42. The van der Waals surface area contributed by atoms with Crippen molar-refractivity contribution in [3.63, 3.8) is 0 Å². The van der Waals surface area contributed by atoms with Crippen LogP contribution in [0.1, 0.15) is 17.0 Å². The summed E-state index contributed by atoms with van der Waals surface area (Å²) in [6, 6.07) is 11.1. The molecule has 5 heteroatoms. The number of pyridine rings is 1. The van der Waals surface area contributed by atoms with Crippen LogP contribution in [0.25, 0.3) is 0 Å². The third kappa shape index (κ3) is 3.63. The summed E-state index contributed by atoms with van der Waals surface area (Å²) in [6.45, 7) is 2.47. The van der Waals surface area contributed by atoms with Crippen LogP contribution < -0.4 is 14.8 Å². The van der Waals surface area contributed by atoms with Gasteiger partial charge in [-0.05, 0) is 19.1 Å². The summed E-state index contributed by atoms with van der Waals surface area (Å²) in [5.41, 5.74) is 3.16. The van der Waals surface area contributed by atoms with E-state index >= 15 is 0 Å². The number of benzene rings is 1. The van der Waals surface area contributed by atoms with E-state index in [0.29, 0.717) is 17.9 Å². The third-order valence-electron chi connectivity index (χ3n) is 3.01. The molecule has 0 atom stereocenters. The van der Waals surface area contributed by atoms with Crippen molar-refractivity contribution in [2.75, 3.05) is 19.5 Å². The highest BCUT2D eigenvalue weighted by Crippen LogP contribution is 2.26. The van der Waals surface area contributed by atoms with Crippen LogP contribution in [0, 0.1) is 18.3 Å². The number of nitrogens with zero attached hydrogens (tertiary/aromatic N) is 2. The smallest absolute Gasteiger partial charge is 0.143 e. The predicted octanol–water partition coefficient (Wildman–Crippen LogP) is 2.89. The summed E-state index contributed by atoms with van der Waals surface area (Å²) < 4.78 is 10.5. The van der Waals surface area contributed by atoms with Gasteiger partial charge in [-0.2, -0.15) is 5.26 Å². The van der Waals surface area contributed by atoms with Gasteiger partial charge < -0.3 is 14.8 Å². The first-order chi connectivity index (χ1) is 10.2. The molecule has 1 aromatic heterocycles. The maximum Gasteiger partial charge on any atom is 0.143 e. The predicted molar refractivity (Wildman–Crippen MR) is 80.6 cm³/mol. The van der Waals surface area contributed by atoms with Gasteiger partial charge in [0.15, 0.2) is 0 Å². The summed E-state index contributed by atoms with van der Waals surface area (Å²) >= 11 is 0. The minimum Gasteiger partial charge on any atom is -0.497 e. The van der Waals surface area contributed by atoms with Crippen LogP contribution in [0.15, 0.2) is 30.3 Å². The molecular formula is C16H17N3O2. The molecule has 0 radical (unpaired) electrons. The van der Waals surface area contributed by atoms with Gasteiger partial charge in [-0.1, -0.05) is 0 Å². The number of hydrogen-bond acceptors (Lipinski definition) is 5. The number of aryl methyl sites for hydroxylation is 1. The lowest BCUT2D eigenvalue weighted by molar-refractivity contribution is 0.413. The zero-order valence-corrected chi connectivity index (χ0v) is 12.3. The number of ether oxygens (including phenoxy) is 2. The Morgan fingerprint density at radius 2 is 2.00 bits per heavy atom. The zero-order valence-electron chi connectivity index (χ0n) is 12.3. The molecule has 0 fully saturated rings. The van der Waals surface area contributed by atoms with Crippen molar-refractivity contribution in [2.24, 2.45) is 0 Å². The van der Waals surface area contributed by atoms with E-state index in [2.05, 4.69) is 16.4 Å². The Kier molecular flexibility index (Phi) is 4.62. The van der Waals surface area contributed by atoms with E-state index in [9.17, 15) is 0 Å². The number of aromatic nitrogens is 1. The van der Waals surface area contributed by atoms with E-state index in [4.69, 9.17) is 14.7 Å². The second kappa shape index (κ2) is 6.62. The number of rotatable bonds is 5. The molecule has 0 bridgehead atoms. The Morgan fingerprint density at radius 1 is 1.19 bits per heavy atom. The summed E-state index contributed by atoms with van der Waals surface area (Å²) in [6.07, 6.45) is 0. The minimum atomic E-state index is 0.542. The van der Waals surface area contributed by atoms with Crippen LogP contribution in [-0.4, -0.2) is 19.2 Å². The van der Waals surface area contributed by atoms with Gasteiger partial charge in [0.25, 0.3) is 0 Å². The second-order valence-electron chi connectivity index (χ2n) is 4.52. The average Bonchev–Trinajstić information content (AvgIpc) is 2.52. The van der Waals surface area contributed by atoms with E-state index in [1.807, 2.05) is 25.1 Å². The fourth-order valence-corrected chi connectivity index (χ4v) is 2.00. The van der Waals surface area contributed by atoms with Crippen LogP contribution in [0.2, 0.25) is 0 Å². The van der Waals surface area contributed by atoms with E-state index in [1.54, 1.807) is 26.4 Å². The van der Waals surface area contributed by atoms with E-state index in [-0.39, 0.29) is 0 Å². The van der Waals surface area contributed by atoms with E-state index in [1.165, 1.54) is 0 Å². The second-order valence-corrected chi connectivity index (χ2v) is 4.52. The topological polar surface area (TPSA) is 67.2 Å². The molecular weight excluding hydrogens is 266 g/mol. The number of methoxy groups -OCH3 is 2.